The molecule has 0 spiro atoms. The van der Waals surface area contributed by atoms with Crippen molar-refractivity contribution in [2.45, 2.75) is 11.1 Å². The van der Waals surface area contributed by atoms with Crippen molar-refractivity contribution < 1.29 is 30.7 Å². The number of sulfonamides is 1. The van der Waals surface area contributed by atoms with Crippen LogP contribution in [0.4, 0.5) is 23.2 Å². The molecule has 0 unspecified atom stereocenters. The first-order chi connectivity index (χ1) is 10.7. The van der Waals surface area contributed by atoms with Crippen LogP contribution in [0.5, 0.6) is 5.88 Å². The Kier molecular flexibility index (Phi) is 4.73. The van der Waals surface area contributed by atoms with Crippen LogP contribution in [0.25, 0.3) is 0 Å². The number of benzene rings is 1. The van der Waals surface area contributed by atoms with Gasteiger partial charge in [-0.1, -0.05) is 0 Å². The third-order valence-electron chi connectivity index (χ3n) is 2.50. The van der Waals surface area contributed by atoms with Crippen LogP contribution in [-0.4, -0.2) is 26.2 Å². The van der Waals surface area contributed by atoms with E-state index in [4.69, 9.17) is 0 Å². The normalized spacial score (nSPS) is 12.0. The molecule has 1 aromatic heterocycles. The summed E-state index contributed by atoms with van der Waals surface area (Å²) >= 11 is 0. The molecule has 0 radical (unpaired) electrons. The van der Waals surface area contributed by atoms with Crippen LogP contribution in [0.15, 0.2) is 47.5 Å². The lowest BCUT2D eigenvalue weighted by Crippen LogP contribution is -2.19. The molecule has 0 saturated heterocycles. The number of alkyl halides is 3. The molecule has 1 N–H and O–H groups in total. The lowest BCUT2D eigenvalue weighted by Gasteiger charge is -2.10. The highest BCUT2D eigenvalue weighted by molar-refractivity contribution is 7.92. The van der Waals surface area contributed by atoms with Gasteiger partial charge < -0.3 is 4.74 Å². The minimum Gasteiger partial charge on any atom is -0.468 e. The number of halogens is 4. The number of hydrogen-bond donors (Lipinski definition) is 1. The Morgan fingerprint density at radius 2 is 1.74 bits per heavy atom. The van der Waals surface area contributed by atoms with Gasteiger partial charge in [0.05, 0.1) is 16.8 Å². The molecule has 124 valence electrons. The van der Waals surface area contributed by atoms with Crippen LogP contribution in [0.2, 0.25) is 0 Å². The van der Waals surface area contributed by atoms with Crippen LogP contribution in [0.1, 0.15) is 0 Å². The number of nitrogens with one attached hydrogen (secondary N) is 1. The number of hydrogen-bond acceptors (Lipinski definition) is 4. The molecule has 0 bridgehead atoms. The average Bonchev–Trinajstić information content (AvgIpc) is 2.46. The van der Waals surface area contributed by atoms with Crippen LogP contribution in [-0.2, 0) is 10.0 Å². The zero-order valence-electron chi connectivity index (χ0n) is 11.3. The zero-order valence-corrected chi connectivity index (χ0v) is 12.2. The summed E-state index contributed by atoms with van der Waals surface area (Å²) in [6.07, 6.45) is -3.49. The molecule has 0 aliphatic heterocycles. The highest BCUT2D eigenvalue weighted by atomic mass is 32.2. The van der Waals surface area contributed by atoms with Crippen LogP contribution in [0, 0.1) is 5.82 Å². The standard InChI is InChI=1S/C13H10F4N2O3S/c14-9-1-4-11(5-2-9)23(20,21)19-10-3-6-12(18-7-10)22-8-13(15,16)17/h1-7,19H,8H2. The summed E-state index contributed by atoms with van der Waals surface area (Å²) in [6, 6.07) is 6.41. The highest BCUT2D eigenvalue weighted by Gasteiger charge is 2.28. The summed E-state index contributed by atoms with van der Waals surface area (Å²) in [6.45, 7) is -1.50. The molecule has 1 aromatic carbocycles. The lowest BCUT2D eigenvalue weighted by molar-refractivity contribution is -0.154. The van der Waals surface area contributed by atoms with E-state index in [1.54, 1.807) is 0 Å². The Balaban J connectivity index is 2.07. The molecule has 0 aliphatic carbocycles. The molecule has 0 saturated carbocycles. The summed E-state index contributed by atoms with van der Waals surface area (Å²) in [5.74, 6) is -0.885. The van der Waals surface area contributed by atoms with Crippen molar-refractivity contribution in [3.05, 3.63) is 48.4 Å². The van der Waals surface area contributed by atoms with Gasteiger partial charge in [0.15, 0.2) is 6.61 Å². The van der Waals surface area contributed by atoms with Gasteiger partial charge in [-0.25, -0.2) is 17.8 Å². The smallest absolute Gasteiger partial charge is 0.422 e. The molecule has 0 amide bonds. The van der Waals surface area contributed by atoms with Gasteiger partial charge >= 0.3 is 6.18 Å². The summed E-state index contributed by atoms with van der Waals surface area (Å²) in [7, 11) is -3.96. The molecule has 0 atom stereocenters. The molecular formula is C13H10F4N2O3S. The first-order valence-electron chi connectivity index (χ1n) is 6.10. The summed E-state index contributed by atoms with van der Waals surface area (Å²) in [4.78, 5) is 3.39. The predicted octanol–water partition coefficient (Wildman–Crippen LogP) is 2.96. The Bertz CT molecular complexity index is 759. The van der Waals surface area contributed by atoms with Crippen molar-refractivity contribution in [3.63, 3.8) is 0 Å². The van der Waals surface area contributed by atoms with Crippen LogP contribution >= 0.6 is 0 Å². The van der Waals surface area contributed by atoms with Gasteiger partial charge in [-0.15, -0.1) is 0 Å². The Hall–Kier alpha value is -2.36. The monoisotopic (exact) mass is 350 g/mol. The largest absolute Gasteiger partial charge is 0.468 e. The minimum atomic E-state index is -4.50. The second-order valence-corrected chi connectivity index (χ2v) is 6.03. The maximum Gasteiger partial charge on any atom is 0.422 e. The fraction of sp³-hybridized carbons (Fsp3) is 0.154. The Morgan fingerprint density at radius 3 is 2.26 bits per heavy atom. The van der Waals surface area contributed by atoms with Crippen LogP contribution < -0.4 is 9.46 Å². The van der Waals surface area contributed by atoms with Gasteiger partial charge in [-0.05, 0) is 30.3 Å². The van der Waals surface area contributed by atoms with Gasteiger partial charge in [-0.3, -0.25) is 4.72 Å². The fourth-order valence-electron chi connectivity index (χ4n) is 1.51. The van der Waals surface area contributed by atoms with Crippen LogP contribution in [0.3, 0.4) is 0 Å². The molecule has 10 heteroatoms. The molecule has 1 heterocycles. The summed E-state index contributed by atoms with van der Waals surface area (Å²) in [5, 5.41) is 0. The van der Waals surface area contributed by atoms with Crippen molar-refractivity contribution in [3.8, 4) is 5.88 Å². The second-order valence-electron chi connectivity index (χ2n) is 4.35. The van der Waals surface area contributed by atoms with E-state index in [0.717, 1.165) is 36.5 Å². The molecule has 23 heavy (non-hydrogen) atoms. The van der Waals surface area contributed by atoms with E-state index < -0.39 is 28.6 Å². The predicted molar refractivity (Wildman–Crippen MR) is 73.0 cm³/mol. The first-order valence-corrected chi connectivity index (χ1v) is 7.58. The van der Waals surface area contributed by atoms with E-state index in [1.807, 2.05) is 0 Å². The number of pyridine rings is 1. The summed E-state index contributed by atoms with van der Waals surface area (Å²) < 4.78 is 79.3. The van der Waals surface area contributed by atoms with Crippen molar-refractivity contribution in [2.75, 3.05) is 11.3 Å². The van der Waals surface area contributed by atoms with E-state index in [1.165, 1.54) is 6.07 Å². The Labute approximate surface area is 129 Å². The van der Waals surface area contributed by atoms with E-state index in [9.17, 15) is 26.0 Å². The second kappa shape index (κ2) is 6.41. The topological polar surface area (TPSA) is 68.3 Å². The third kappa shape index (κ3) is 5.09. The van der Waals surface area contributed by atoms with Gasteiger partial charge in [0.1, 0.15) is 5.82 Å². The van der Waals surface area contributed by atoms with E-state index in [0.29, 0.717) is 0 Å². The molecule has 5 nitrogen and oxygen atoms in total. The van der Waals surface area contributed by atoms with E-state index >= 15 is 0 Å². The quantitative estimate of drug-likeness (QED) is 0.842. The van der Waals surface area contributed by atoms with Crippen molar-refractivity contribution >= 4 is 15.7 Å². The average molecular weight is 350 g/mol. The SMILES string of the molecule is O=S(=O)(Nc1ccc(OCC(F)(F)F)nc1)c1ccc(F)cc1. The third-order valence-corrected chi connectivity index (χ3v) is 3.89. The van der Waals surface area contributed by atoms with Crippen molar-refractivity contribution in [1.29, 1.82) is 0 Å². The maximum absolute atomic E-state index is 12.8. The first kappa shape index (κ1) is 17.0. The highest BCUT2D eigenvalue weighted by Crippen LogP contribution is 2.20. The molecule has 0 aliphatic rings. The minimum absolute atomic E-state index is 0.0219. The van der Waals surface area contributed by atoms with E-state index in [-0.39, 0.29) is 16.5 Å². The number of anilines is 1. The molecule has 2 rings (SSSR count). The number of nitrogens with zero attached hydrogens (tertiary/aromatic N) is 1. The number of rotatable bonds is 5. The van der Waals surface area contributed by atoms with Crippen molar-refractivity contribution in [2.24, 2.45) is 0 Å². The van der Waals surface area contributed by atoms with Crippen molar-refractivity contribution in [1.82, 2.24) is 4.98 Å². The summed E-state index contributed by atoms with van der Waals surface area (Å²) in [5.41, 5.74) is 0.0219. The number of aromatic nitrogens is 1. The maximum atomic E-state index is 12.8. The number of ether oxygens (including phenoxy) is 1. The molecule has 2 aromatic rings. The fourth-order valence-corrected chi connectivity index (χ4v) is 2.55. The zero-order chi connectivity index (χ0) is 17.1. The van der Waals surface area contributed by atoms with Gasteiger partial charge in [0.2, 0.25) is 5.88 Å². The Morgan fingerprint density at radius 1 is 1.09 bits per heavy atom. The van der Waals surface area contributed by atoms with Gasteiger partial charge in [0, 0.05) is 6.07 Å². The van der Waals surface area contributed by atoms with Gasteiger partial charge in [0.25, 0.3) is 10.0 Å². The molecular weight excluding hydrogens is 340 g/mol. The van der Waals surface area contributed by atoms with E-state index in [2.05, 4.69) is 14.4 Å². The van der Waals surface area contributed by atoms with Gasteiger partial charge in [-0.2, -0.15) is 13.2 Å². The molecule has 0 fully saturated rings. The lowest BCUT2D eigenvalue weighted by atomic mass is 10.4.